The summed E-state index contributed by atoms with van der Waals surface area (Å²) in [5, 5.41) is 4.41. The third-order valence-electron chi connectivity index (χ3n) is 3.95. The minimum atomic E-state index is 0.299. The van der Waals surface area contributed by atoms with Crippen molar-refractivity contribution >= 4 is 5.78 Å². The lowest BCUT2D eigenvalue weighted by molar-refractivity contribution is -0.122. The maximum Gasteiger partial charge on any atom is 0.141 e. The van der Waals surface area contributed by atoms with Crippen LogP contribution in [0.1, 0.15) is 56.8 Å². The molecule has 3 heteroatoms. The Morgan fingerprint density at radius 1 is 1.33 bits per heavy atom. The van der Waals surface area contributed by atoms with Crippen molar-refractivity contribution in [2.75, 3.05) is 0 Å². The Morgan fingerprint density at radius 3 is 2.61 bits per heavy atom. The van der Waals surface area contributed by atoms with E-state index in [4.69, 9.17) is 0 Å². The fourth-order valence-electron chi connectivity index (χ4n) is 2.94. The molecule has 0 spiro atoms. The predicted octanol–water partition coefficient (Wildman–Crippen LogP) is 3.29. The third-order valence-corrected chi connectivity index (χ3v) is 3.95. The summed E-state index contributed by atoms with van der Waals surface area (Å²) in [6.07, 6.45) is 7.81. The Kier molecular flexibility index (Phi) is 4.56. The van der Waals surface area contributed by atoms with E-state index in [1.807, 2.05) is 11.6 Å². The molecule has 0 N–H and O–H groups in total. The van der Waals surface area contributed by atoms with E-state index in [0.717, 1.165) is 30.8 Å². The third kappa shape index (κ3) is 3.21. The van der Waals surface area contributed by atoms with Crippen molar-refractivity contribution in [3.8, 4) is 0 Å². The minimum absolute atomic E-state index is 0.299. The fourth-order valence-corrected chi connectivity index (χ4v) is 2.94. The monoisotopic (exact) mass is 248 g/mol. The van der Waals surface area contributed by atoms with Gasteiger partial charge in [0, 0.05) is 24.6 Å². The molecule has 3 nitrogen and oxygen atoms in total. The van der Waals surface area contributed by atoms with E-state index < -0.39 is 0 Å². The van der Waals surface area contributed by atoms with E-state index in [1.165, 1.54) is 25.7 Å². The Morgan fingerprint density at radius 2 is 2.00 bits per heavy atom. The first kappa shape index (κ1) is 13.3. The first-order valence-corrected chi connectivity index (χ1v) is 7.26. The summed E-state index contributed by atoms with van der Waals surface area (Å²) in [7, 11) is 0. The zero-order chi connectivity index (χ0) is 13.0. The van der Waals surface area contributed by atoms with Gasteiger partial charge in [-0.05, 0) is 32.8 Å². The number of hydrogen-bond acceptors (Lipinski definition) is 2. The maximum absolute atomic E-state index is 12.4. The molecule has 0 amide bonds. The summed E-state index contributed by atoms with van der Waals surface area (Å²) in [5.74, 6) is 0.722. The lowest BCUT2D eigenvalue weighted by Crippen LogP contribution is -2.18. The fraction of sp³-hybridized carbons (Fsp3) is 0.733. The summed E-state index contributed by atoms with van der Waals surface area (Å²) in [6, 6.07) is 2.05. The highest BCUT2D eigenvalue weighted by Gasteiger charge is 2.21. The van der Waals surface area contributed by atoms with E-state index >= 15 is 0 Å². The molecule has 2 rings (SSSR count). The average Bonchev–Trinajstić information content (AvgIpc) is 2.58. The molecule has 0 aliphatic heterocycles. The number of nitrogens with zero attached hydrogens (tertiary/aromatic N) is 2. The van der Waals surface area contributed by atoms with Gasteiger partial charge in [0.05, 0.1) is 5.69 Å². The van der Waals surface area contributed by atoms with Crippen molar-refractivity contribution in [1.82, 2.24) is 9.78 Å². The summed E-state index contributed by atoms with van der Waals surface area (Å²) in [5.41, 5.74) is 2.10. The van der Waals surface area contributed by atoms with Gasteiger partial charge >= 0.3 is 0 Å². The van der Waals surface area contributed by atoms with E-state index in [2.05, 4.69) is 18.1 Å². The van der Waals surface area contributed by atoms with Gasteiger partial charge in [0.2, 0.25) is 0 Å². The van der Waals surface area contributed by atoms with Gasteiger partial charge in [-0.25, -0.2) is 0 Å². The topological polar surface area (TPSA) is 34.9 Å². The molecule has 1 fully saturated rings. The van der Waals surface area contributed by atoms with Crippen molar-refractivity contribution in [2.45, 2.75) is 65.3 Å². The second kappa shape index (κ2) is 6.17. The van der Waals surface area contributed by atoms with E-state index in [0.29, 0.717) is 18.1 Å². The van der Waals surface area contributed by atoms with Crippen molar-refractivity contribution < 1.29 is 4.79 Å². The first-order valence-electron chi connectivity index (χ1n) is 7.26. The van der Waals surface area contributed by atoms with Crippen molar-refractivity contribution in [3.05, 3.63) is 17.5 Å². The number of rotatable bonds is 4. The smallest absolute Gasteiger partial charge is 0.141 e. The zero-order valence-electron chi connectivity index (χ0n) is 11.6. The SMILES string of the molecule is CCn1nc(C)cc1CC(=O)C1CCCCCC1. The average molecular weight is 248 g/mol. The highest BCUT2D eigenvalue weighted by atomic mass is 16.1. The van der Waals surface area contributed by atoms with Crippen LogP contribution in [0.15, 0.2) is 6.07 Å². The summed E-state index contributed by atoms with van der Waals surface area (Å²) in [6.45, 7) is 4.92. The van der Waals surface area contributed by atoms with Gasteiger partial charge in [-0.2, -0.15) is 5.10 Å². The van der Waals surface area contributed by atoms with Crippen LogP contribution >= 0.6 is 0 Å². The van der Waals surface area contributed by atoms with Gasteiger partial charge in [0.25, 0.3) is 0 Å². The Labute approximate surface area is 110 Å². The van der Waals surface area contributed by atoms with Crippen LogP contribution in [0.25, 0.3) is 0 Å². The first-order chi connectivity index (χ1) is 8.70. The van der Waals surface area contributed by atoms with Crippen molar-refractivity contribution in [2.24, 2.45) is 5.92 Å². The predicted molar refractivity (Wildman–Crippen MR) is 72.5 cm³/mol. The van der Waals surface area contributed by atoms with E-state index in [1.54, 1.807) is 0 Å². The second-order valence-corrected chi connectivity index (χ2v) is 5.42. The van der Waals surface area contributed by atoms with Crippen LogP contribution in [-0.2, 0) is 17.8 Å². The van der Waals surface area contributed by atoms with Crippen LogP contribution in [0.2, 0.25) is 0 Å². The number of aromatic nitrogens is 2. The molecule has 0 atom stereocenters. The van der Waals surface area contributed by atoms with Gasteiger partial charge in [-0.1, -0.05) is 25.7 Å². The Hall–Kier alpha value is -1.12. The molecule has 1 aliphatic carbocycles. The van der Waals surface area contributed by atoms with E-state index in [9.17, 15) is 4.79 Å². The lowest BCUT2D eigenvalue weighted by Gasteiger charge is -2.12. The molecule has 1 aliphatic rings. The number of aryl methyl sites for hydroxylation is 2. The van der Waals surface area contributed by atoms with Crippen molar-refractivity contribution in [1.29, 1.82) is 0 Å². The summed E-state index contributed by atoms with van der Waals surface area (Å²) in [4.78, 5) is 12.4. The molecule has 0 saturated heterocycles. The number of Topliss-reactive ketones (excluding diaryl/α,β-unsaturated/α-hetero) is 1. The van der Waals surface area contributed by atoms with Crippen LogP contribution < -0.4 is 0 Å². The molecule has 0 unspecified atom stereocenters. The number of carbonyl (C=O) groups is 1. The van der Waals surface area contributed by atoms with Crippen LogP contribution in [0.5, 0.6) is 0 Å². The molecular weight excluding hydrogens is 224 g/mol. The molecular formula is C15H24N2O. The summed E-state index contributed by atoms with van der Waals surface area (Å²) >= 11 is 0. The largest absolute Gasteiger partial charge is 0.299 e. The van der Waals surface area contributed by atoms with Crippen molar-refractivity contribution in [3.63, 3.8) is 0 Å². The lowest BCUT2D eigenvalue weighted by atomic mass is 9.93. The molecule has 100 valence electrons. The second-order valence-electron chi connectivity index (χ2n) is 5.42. The molecule has 18 heavy (non-hydrogen) atoms. The number of hydrogen-bond donors (Lipinski definition) is 0. The van der Waals surface area contributed by atoms with Gasteiger partial charge in [0.1, 0.15) is 5.78 Å². The molecule has 1 heterocycles. The van der Waals surface area contributed by atoms with Crippen LogP contribution in [0.3, 0.4) is 0 Å². The van der Waals surface area contributed by atoms with Gasteiger partial charge < -0.3 is 0 Å². The number of carbonyl (C=O) groups excluding carboxylic acids is 1. The zero-order valence-corrected chi connectivity index (χ0v) is 11.6. The highest BCUT2D eigenvalue weighted by molar-refractivity contribution is 5.83. The van der Waals surface area contributed by atoms with Crippen LogP contribution in [0, 0.1) is 12.8 Å². The minimum Gasteiger partial charge on any atom is -0.299 e. The quantitative estimate of drug-likeness (QED) is 0.766. The maximum atomic E-state index is 12.4. The highest BCUT2D eigenvalue weighted by Crippen LogP contribution is 2.24. The molecule has 1 aromatic rings. The van der Waals surface area contributed by atoms with Gasteiger partial charge in [-0.3, -0.25) is 9.48 Å². The van der Waals surface area contributed by atoms with Crippen LogP contribution in [-0.4, -0.2) is 15.6 Å². The van der Waals surface area contributed by atoms with Gasteiger partial charge in [-0.15, -0.1) is 0 Å². The molecule has 1 saturated carbocycles. The molecule has 1 aromatic heterocycles. The number of ketones is 1. The van der Waals surface area contributed by atoms with Gasteiger partial charge in [0.15, 0.2) is 0 Å². The molecule has 0 bridgehead atoms. The normalized spacial score (nSPS) is 17.7. The Balaban J connectivity index is 2.01. The van der Waals surface area contributed by atoms with Crippen LogP contribution in [0.4, 0.5) is 0 Å². The molecule has 0 aromatic carbocycles. The summed E-state index contributed by atoms with van der Waals surface area (Å²) < 4.78 is 1.96. The Bertz CT molecular complexity index is 401. The molecule has 0 radical (unpaired) electrons. The van der Waals surface area contributed by atoms with E-state index in [-0.39, 0.29) is 0 Å². The standard InChI is InChI=1S/C15H24N2O/c1-3-17-14(10-12(2)16-17)11-15(18)13-8-6-4-5-7-9-13/h10,13H,3-9,11H2,1-2H3.